The van der Waals surface area contributed by atoms with Crippen LogP contribution in [-0.4, -0.2) is 11.7 Å². The molecule has 4 nitrogen and oxygen atoms in total. The Labute approximate surface area is 168 Å². The van der Waals surface area contributed by atoms with Crippen molar-refractivity contribution in [1.29, 1.82) is 0 Å². The van der Waals surface area contributed by atoms with Crippen molar-refractivity contribution in [3.05, 3.63) is 107 Å². The van der Waals surface area contributed by atoms with Crippen LogP contribution < -0.4 is 10.6 Å². The fourth-order valence-corrected chi connectivity index (χ4v) is 3.30. The monoisotopic (exact) mass is 387 g/mol. The lowest BCUT2D eigenvalue weighted by molar-refractivity contribution is 0.0976. The van der Waals surface area contributed by atoms with Crippen LogP contribution >= 0.6 is 11.6 Å². The zero-order chi connectivity index (χ0) is 19.5. The molecule has 2 N–H and O–H groups in total. The number of amides is 1. The Balaban J connectivity index is 1.78. The van der Waals surface area contributed by atoms with Crippen LogP contribution in [-0.2, 0) is 0 Å². The summed E-state index contributed by atoms with van der Waals surface area (Å²) in [5, 5.41) is 6.97. The molecular formula is C23H18ClN3O. The van der Waals surface area contributed by atoms with Crippen LogP contribution in [0.15, 0.2) is 96.1 Å². The Morgan fingerprint density at radius 2 is 1.64 bits per heavy atom. The zero-order valence-corrected chi connectivity index (χ0v) is 15.8. The highest BCUT2D eigenvalue weighted by Gasteiger charge is 2.27. The molecule has 0 saturated carbocycles. The highest BCUT2D eigenvalue weighted by atomic mass is 35.5. The molecule has 1 amide bonds. The average molecular weight is 388 g/mol. The number of benzene rings is 3. The van der Waals surface area contributed by atoms with E-state index < -0.39 is 0 Å². The number of fused-ring (bicyclic) bond motifs is 1. The Kier molecular flexibility index (Phi) is 4.96. The van der Waals surface area contributed by atoms with E-state index in [1.165, 1.54) is 0 Å². The number of anilines is 1. The maximum absolute atomic E-state index is 12.8. The Bertz CT molecular complexity index is 1060. The minimum absolute atomic E-state index is 0.217. The van der Waals surface area contributed by atoms with Gasteiger partial charge in [-0.25, -0.2) is 4.99 Å². The second-order valence-corrected chi connectivity index (χ2v) is 6.91. The molecule has 3 aromatic carbocycles. The van der Waals surface area contributed by atoms with Crippen LogP contribution in [0.5, 0.6) is 0 Å². The number of nitrogens with one attached hydrogen (secondary N) is 2. The van der Waals surface area contributed by atoms with Gasteiger partial charge in [0.1, 0.15) is 5.84 Å². The normalized spacial score (nSPS) is 15.7. The summed E-state index contributed by atoms with van der Waals surface area (Å²) in [4.78, 5) is 17.6. The summed E-state index contributed by atoms with van der Waals surface area (Å²) < 4.78 is 0. The van der Waals surface area contributed by atoms with Crippen molar-refractivity contribution in [1.82, 2.24) is 5.32 Å². The minimum atomic E-state index is -0.336. The van der Waals surface area contributed by atoms with Gasteiger partial charge in [0.25, 0.3) is 5.91 Å². The van der Waals surface area contributed by atoms with E-state index in [9.17, 15) is 4.79 Å². The molecule has 0 aliphatic carbocycles. The molecule has 0 radical (unpaired) electrons. The number of hydrogen-bond donors (Lipinski definition) is 2. The van der Waals surface area contributed by atoms with E-state index in [0.717, 1.165) is 22.6 Å². The molecule has 1 aliphatic rings. The lowest BCUT2D eigenvalue weighted by Crippen LogP contribution is -2.35. The third-order valence-electron chi connectivity index (χ3n) is 4.54. The first-order chi connectivity index (χ1) is 13.6. The van der Waals surface area contributed by atoms with Gasteiger partial charge < -0.3 is 10.6 Å². The maximum Gasteiger partial charge on any atom is 0.256 e. The van der Waals surface area contributed by atoms with Gasteiger partial charge in [-0.3, -0.25) is 4.79 Å². The summed E-state index contributed by atoms with van der Waals surface area (Å²) in [5.41, 5.74) is 3.80. The molecule has 0 saturated heterocycles. The Morgan fingerprint density at radius 1 is 0.964 bits per heavy atom. The number of aliphatic imine (C=N–C) groups is 1. The minimum Gasteiger partial charge on any atom is -0.357 e. The molecule has 1 aliphatic heterocycles. The van der Waals surface area contributed by atoms with Gasteiger partial charge in [0, 0.05) is 16.3 Å². The summed E-state index contributed by atoms with van der Waals surface area (Å²) in [6.07, 6.45) is 0. The van der Waals surface area contributed by atoms with Crippen molar-refractivity contribution in [2.75, 3.05) is 5.32 Å². The van der Waals surface area contributed by atoms with Gasteiger partial charge in [0.05, 0.1) is 17.3 Å². The Morgan fingerprint density at radius 3 is 2.39 bits per heavy atom. The lowest BCUT2D eigenvalue weighted by atomic mass is 9.94. The van der Waals surface area contributed by atoms with Crippen molar-refractivity contribution in [3.8, 4) is 0 Å². The summed E-state index contributed by atoms with van der Waals surface area (Å²) in [7, 11) is 0. The van der Waals surface area contributed by atoms with Gasteiger partial charge in [-0.1, -0.05) is 60.6 Å². The first-order valence-electron chi connectivity index (χ1n) is 8.87. The zero-order valence-electron chi connectivity index (χ0n) is 15.0. The van der Waals surface area contributed by atoms with Crippen LogP contribution in [0.25, 0.3) is 0 Å². The number of carbonyl (C=O) groups excluding carboxylic acids is 1. The number of hydrogen-bond acceptors (Lipinski definition) is 3. The average Bonchev–Trinajstić information content (AvgIpc) is 2.85. The molecule has 0 bridgehead atoms. The molecule has 0 spiro atoms. The van der Waals surface area contributed by atoms with E-state index in [1.54, 1.807) is 12.1 Å². The predicted molar refractivity (Wildman–Crippen MR) is 114 cm³/mol. The van der Waals surface area contributed by atoms with Crippen molar-refractivity contribution in [2.24, 2.45) is 4.99 Å². The first kappa shape index (κ1) is 18.0. The van der Waals surface area contributed by atoms with Crippen LogP contribution in [0.1, 0.15) is 21.8 Å². The second kappa shape index (κ2) is 7.71. The standard InChI is InChI=1S/C23H18ClN3O/c1-15-21(16-11-13-18(24)14-12-16)22(26-20-10-6-5-9-19(20)25-15)27-23(28)17-7-3-2-4-8-17/h2-14,21,25H,1H2,(H,26,27,28). The quantitative estimate of drug-likeness (QED) is 0.608. The summed E-state index contributed by atoms with van der Waals surface area (Å²) in [6.45, 7) is 4.21. The van der Waals surface area contributed by atoms with E-state index in [0.29, 0.717) is 16.4 Å². The molecule has 28 heavy (non-hydrogen) atoms. The number of halogens is 1. The molecular weight excluding hydrogens is 370 g/mol. The number of amidine groups is 1. The highest BCUT2D eigenvalue weighted by Crippen LogP contribution is 2.35. The molecule has 5 heteroatoms. The van der Waals surface area contributed by atoms with Gasteiger partial charge in [0.2, 0.25) is 0 Å². The summed E-state index contributed by atoms with van der Waals surface area (Å²) in [5.74, 6) is -0.0403. The van der Waals surface area contributed by atoms with E-state index in [1.807, 2.05) is 66.7 Å². The van der Waals surface area contributed by atoms with Gasteiger partial charge in [-0.05, 0) is 42.0 Å². The number of para-hydroxylation sites is 2. The third kappa shape index (κ3) is 3.68. The predicted octanol–water partition coefficient (Wildman–Crippen LogP) is 5.52. The molecule has 138 valence electrons. The smallest absolute Gasteiger partial charge is 0.256 e. The molecule has 3 aromatic rings. The molecule has 1 unspecified atom stereocenters. The van der Waals surface area contributed by atoms with Crippen molar-refractivity contribution < 1.29 is 4.79 Å². The van der Waals surface area contributed by atoms with Crippen LogP contribution in [0.3, 0.4) is 0 Å². The number of nitrogens with zero attached hydrogens (tertiary/aromatic N) is 1. The van der Waals surface area contributed by atoms with Gasteiger partial charge in [-0.15, -0.1) is 0 Å². The van der Waals surface area contributed by atoms with Crippen molar-refractivity contribution in [3.63, 3.8) is 0 Å². The Hall–Kier alpha value is -3.37. The largest absolute Gasteiger partial charge is 0.357 e. The van der Waals surface area contributed by atoms with Crippen LogP contribution in [0.4, 0.5) is 11.4 Å². The van der Waals surface area contributed by atoms with Crippen molar-refractivity contribution >= 4 is 34.7 Å². The lowest BCUT2D eigenvalue weighted by Gasteiger charge is -2.21. The summed E-state index contributed by atoms with van der Waals surface area (Å²) >= 11 is 6.05. The van der Waals surface area contributed by atoms with Gasteiger partial charge in [-0.2, -0.15) is 0 Å². The third-order valence-corrected chi connectivity index (χ3v) is 4.79. The molecule has 4 rings (SSSR count). The molecule has 1 atom stereocenters. The molecule has 0 fully saturated rings. The number of carbonyl (C=O) groups is 1. The summed E-state index contributed by atoms with van der Waals surface area (Å²) in [6, 6.07) is 24.2. The topological polar surface area (TPSA) is 53.5 Å². The van der Waals surface area contributed by atoms with E-state index in [-0.39, 0.29) is 11.8 Å². The number of rotatable bonds is 2. The SMILES string of the molecule is C=C1Nc2ccccc2N=C(NC(=O)c2ccccc2)C1c1ccc(Cl)cc1. The van der Waals surface area contributed by atoms with Gasteiger partial charge >= 0.3 is 0 Å². The fourth-order valence-electron chi connectivity index (χ4n) is 3.17. The van der Waals surface area contributed by atoms with Crippen LogP contribution in [0, 0.1) is 0 Å². The second-order valence-electron chi connectivity index (χ2n) is 6.47. The molecule has 1 heterocycles. The molecule has 0 aromatic heterocycles. The van der Waals surface area contributed by atoms with E-state index >= 15 is 0 Å². The van der Waals surface area contributed by atoms with Gasteiger partial charge in [0.15, 0.2) is 0 Å². The van der Waals surface area contributed by atoms with Crippen molar-refractivity contribution in [2.45, 2.75) is 5.92 Å². The van der Waals surface area contributed by atoms with E-state index in [2.05, 4.69) is 17.2 Å². The maximum atomic E-state index is 12.8. The fraction of sp³-hybridized carbons (Fsp3) is 0.0435. The highest BCUT2D eigenvalue weighted by molar-refractivity contribution is 6.30. The van der Waals surface area contributed by atoms with Crippen LogP contribution in [0.2, 0.25) is 5.02 Å². The first-order valence-corrected chi connectivity index (χ1v) is 9.25. The van der Waals surface area contributed by atoms with E-state index in [4.69, 9.17) is 16.6 Å².